The summed E-state index contributed by atoms with van der Waals surface area (Å²) in [5.41, 5.74) is 0.935. The third-order valence-corrected chi connectivity index (χ3v) is 7.20. The van der Waals surface area contributed by atoms with Crippen LogP contribution in [0.4, 0.5) is 21.0 Å². The first-order valence-electron chi connectivity index (χ1n) is 14.5. The van der Waals surface area contributed by atoms with E-state index in [9.17, 15) is 14.4 Å². The Morgan fingerprint density at radius 3 is 1.89 bits per heavy atom. The third-order valence-electron chi connectivity index (χ3n) is 7.20. The van der Waals surface area contributed by atoms with Crippen LogP contribution < -0.4 is 10.2 Å². The van der Waals surface area contributed by atoms with Gasteiger partial charge in [0.1, 0.15) is 12.2 Å². The summed E-state index contributed by atoms with van der Waals surface area (Å²) in [6, 6.07) is 33.4. The van der Waals surface area contributed by atoms with Crippen molar-refractivity contribution in [2.45, 2.75) is 38.0 Å². The van der Waals surface area contributed by atoms with E-state index in [0.29, 0.717) is 22.6 Å². The number of ether oxygens (including phenoxy) is 3. The maximum Gasteiger partial charge on any atom is 0.415 e. The van der Waals surface area contributed by atoms with Crippen molar-refractivity contribution in [1.29, 1.82) is 0 Å². The molecule has 0 radical (unpaired) electrons. The van der Waals surface area contributed by atoms with Crippen molar-refractivity contribution in [3.8, 4) is 0 Å². The van der Waals surface area contributed by atoms with Gasteiger partial charge in [-0.2, -0.15) is 0 Å². The number of benzene rings is 4. The molecule has 230 valence electrons. The van der Waals surface area contributed by atoms with Crippen molar-refractivity contribution >= 4 is 35.2 Å². The van der Waals surface area contributed by atoms with Crippen LogP contribution >= 0.6 is 0 Å². The largest absolute Gasteiger partial charge is 0.467 e. The number of esters is 1. The van der Waals surface area contributed by atoms with Crippen LogP contribution in [-0.4, -0.2) is 49.2 Å². The molecule has 1 aliphatic heterocycles. The molecular weight excluding hydrogens is 570 g/mol. The highest BCUT2D eigenvalue weighted by atomic mass is 16.6. The lowest BCUT2D eigenvalue weighted by molar-refractivity contribution is -0.144. The molecule has 45 heavy (non-hydrogen) atoms. The number of para-hydroxylation sites is 2. The molecule has 0 saturated heterocycles. The summed E-state index contributed by atoms with van der Waals surface area (Å²) in [4.78, 5) is 47.5. The number of nitrogens with one attached hydrogen (secondary N) is 1. The van der Waals surface area contributed by atoms with E-state index in [1.807, 2.05) is 66.7 Å². The minimum atomic E-state index is -1.64. The smallest absolute Gasteiger partial charge is 0.415 e. The van der Waals surface area contributed by atoms with E-state index in [-0.39, 0.29) is 0 Å². The summed E-state index contributed by atoms with van der Waals surface area (Å²) in [6.07, 6.45) is -1.52. The standard InChI is InChI=1S/C36H35N3O6/c1-35(2,3)45-34(42)39-29-23-15-14-22-28(29)36(31(39)32(40)43-4,24-44-33(41)37-27-20-12-7-13-21-27)38-30(25-16-8-5-9-17-25)26-18-10-6-11-19-26/h5-23,31H,24H2,1-4H3,(H,37,41)/t31-,36+/m0/s1. The van der Waals surface area contributed by atoms with Crippen molar-refractivity contribution < 1.29 is 28.6 Å². The lowest BCUT2D eigenvalue weighted by Crippen LogP contribution is -2.55. The number of hydrogen-bond acceptors (Lipinski definition) is 7. The molecule has 2 atom stereocenters. The molecule has 1 aliphatic rings. The summed E-state index contributed by atoms with van der Waals surface area (Å²) in [7, 11) is 1.24. The van der Waals surface area contributed by atoms with Gasteiger partial charge in [0.05, 0.1) is 18.5 Å². The first-order valence-corrected chi connectivity index (χ1v) is 14.5. The van der Waals surface area contributed by atoms with E-state index in [1.165, 1.54) is 12.0 Å². The number of hydrogen-bond donors (Lipinski definition) is 1. The first-order chi connectivity index (χ1) is 21.6. The van der Waals surface area contributed by atoms with Crippen LogP contribution in [0.25, 0.3) is 0 Å². The Labute approximate surface area is 262 Å². The molecule has 1 heterocycles. The van der Waals surface area contributed by atoms with Crippen molar-refractivity contribution in [2.24, 2.45) is 4.99 Å². The first kappa shape index (κ1) is 31.0. The monoisotopic (exact) mass is 605 g/mol. The molecule has 0 unspecified atom stereocenters. The summed E-state index contributed by atoms with van der Waals surface area (Å²) >= 11 is 0. The lowest BCUT2D eigenvalue weighted by Gasteiger charge is -2.34. The second-order valence-corrected chi connectivity index (χ2v) is 11.5. The average molecular weight is 606 g/mol. The number of methoxy groups -OCH3 is 1. The van der Waals surface area contributed by atoms with Gasteiger partial charge in [0.25, 0.3) is 0 Å². The highest BCUT2D eigenvalue weighted by Crippen LogP contribution is 2.48. The molecule has 9 heteroatoms. The lowest BCUT2D eigenvalue weighted by atomic mass is 9.85. The van der Waals surface area contributed by atoms with Gasteiger partial charge in [-0.1, -0.05) is 97.1 Å². The number of anilines is 2. The van der Waals surface area contributed by atoms with Crippen LogP contribution in [0.15, 0.2) is 120 Å². The van der Waals surface area contributed by atoms with E-state index in [0.717, 1.165) is 11.1 Å². The van der Waals surface area contributed by atoms with Gasteiger partial charge in [0.15, 0.2) is 11.6 Å². The van der Waals surface area contributed by atoms with Crippen LogP contribution in [0.1, 0.15) is 37.5 Å². The Hall–Kier alpha value is -5.44. The van der Waals surface area contributed by atoms with E-state index in [1.54, 1.807) is 69.3 Å². The van der Waals surface area contributed by atoms with Crippen molar-refractivity contribution in [1.82, 2.24) is 0 Å². The van der Waals surface area contributed by atoms with Crippen LogP contribution in [0, 0.1) is 0 Å². The van der Waals surface area contributed by atoms with Gasteiger partial charge in [0.2, 0.25) is 0 Å². The van der Waals surface area contributed by atoms with Gasteiger partial charge in [-0.25, -0.2) is 14.4 Å². The molecular formula is C36H35N3O6. The Bertz CT molecular complexity index is 1640. The van der Waals surface area contributed by atoms with Crippen molar-refractivity contribution in [3.63, 3.8) is 0 Å². The second-order valence-electron chi connectivity index (χ2n) is 11.5. The molecule has 0 bridgehead atoms. The topological polar surface area (TPSA) is 107 Å². The third kappa shape index (κ3) is 6.72. The predicted molar refractivity (Wildman–Crippen MR) is 173 cm³/mol. The van der Waals surface area contributed by atoms with Gasteiger partial charge in [-0.05, 0) is 39.0 Å². The number of carbonyl (C=O) groups excluding carboxylic acids is 3. The van der Waals surface area contributed by atoms with E-state index in [2.05, 4.69) is 5.32 Å². The zero-order valence-corrected chi connectivity index (χ0v) is 25.6. The van der Waals surface area contributed by atoms with Gasteiger partial charge >= 0.3 is 18.2 Å². The predicted octanol–water partition coefficient (Wildman–Crippen LogP) is 6.96. The summed E-state index contributed by atoms with van der Waals surface area (Å²) in [6.45, 7) is 4.81. The Morgan fingerprint density at radius 1 is 0.800 bits per heavy atom. The fourth-order valence-corrected chi connectivity index (χ4v) is 5.33. The molecule has 2 amide bonds. The average Bonchev–Trinajstić information content (AvgIpc) is 3.33. The molecule has 0 spiro atoms. The quantitative estimate of drug-likeness (QED) is 0.139. The minimum Gasteiger partial charge on any atom is -0.467 e. The number of aliphatic imine (C=N–C) groups is 1. The molecule has 0 fully saturated rings. The molecule has 0 aromatic heterocycles. The van der Waals surface area contributed by atoms with Gasteiger partial charge in [-0.15, -0.1) is 0 Å². The maximum absolute atomic E-state index is 13.9. The van der Waals surface area contributed by atoms with Gasteiger partial charge in [-0.3, -0.25) is 15.2 Å². The zero-order valence-electron chi connectivity index (χ0n) is 25.6. The Morgan fingerprint density at radius 2 is 1.33 bits per heavy atom. The molecule has 4 aromatic rings. The highest BCUT2D eigenvalue weighted by molar-refractivity contribution is 6.13. The van der Waals surface area contributed by atoms with Crippen LogP contribution in [-0.2, 0) is 24.5 Å². The molecule has 5 rings (SSSR count). The summed E-state index contributed by atoms with van der Waals surface area (Å²) in [5.74, 6) is -0.756. The number of fused-ring (bicyclic) bond motifs is 1. The Kier molecular flexibility index (Phi) is 8.99. The molecule has 0 aliphatic carbocycles. The van der Waals surface area contributed by atoms with E-state index < -0.39 is 41.9 Å². The molecule has 4 aromatic carbocycles. The van der Waals surface area contributed by atoms with Crippen LogP contribution in [0.2, 0.25) is 0 Å². The van der Waals surface area contributed by atoms with Gasteiger partial charge < -0.3 is 14.2 Å². The molecule has 9 nitrogen and oxygen atoms in total. The number of rotatable bonds is 7. The maximum atomic E-state index is 13.9. The summed E-state index contributed by atoms with van der Waals surface area (Å²) < 4.78 is 17.0. The van der Waals surface area contributed by atoms with Crippen LogP contribution in [0.5, 0.6) is 0 Å². The molecule has 1 N–H and O–H groups in total. The van der Waals surface area contributed by atoms with Crippen molar-refractivity contribution in [3.05, 3.63) is 132 Å². The fourth-order valence-electron chi connectivity index (χ4n) is 5.33. The normalized spacial score (nSPS) is 17.1. The number of amides is 2. The zero-order chi connectivity index (χ0) is 32.0. The second kappa shape index (κ2) is 13.1. The van der Waals surface area contributed by atoms with Crippen LogP contribution in [0.3, 0.4) is 0 Å². The minimum absolute atomic E-state index is 0.387. The van der Waals surface area contributed by atoms with E-state index >= 15 is 0 Å². The summed E-state index contributed by atoms with van der Waals surface area (Å²) in [5, 5.41) is 2.72. The van der Waals surface area contributed by atoms with E-state index in [4.69, 9.17) is 19.2 Å². The number of nitrogens with zero attached hydrogens (tertiary/aromatic N) is 2. The Balaban J connectivity index is 1.74. The SMILES string of the molecule is COC(=O)[C@@H]1N(C(=O)OC(C)(C)C)c2ccccc2[C@@]1(COC(=O)Nc1ccccc1)N=C(c1ccccc1)c1ccccc1. The highest BCUT2D eigenvalue weighted by Gasteiger charge is 2.59. The van der Waals surface area contributed by atoms with Gasteiger partial charge in [0, 0.05) is 22.4 Å². The van der Waals surface area contributed by atoms with Crippen molar-refractivity contribution in [2.75, 3.05) is 23.9 Å². The molecule has 0 saturated carbocycles. The number of carbonyl (C=O) groups is 3. The fraction of sp³-hybridized carbons (Fsp3) is 0.222.